The molecule has 0 unspecified atom stereocenters. The lowest BCUT2D eigenvalue weighted by Gasteiger charge is -2.33. The van der Waals surface area contributed by atoms with Crippen LogP contribution >= 0.6 is 11.8 Å². The van der Waals surface area contributed by atoms with Gasteiger partial charge in [0.25, 0.3) is 5.91 Å². The van der Waals surface area contributed by atoms with Crippen LogP contribution < -0.4 is 10.2 Å². The summed E-state index contributed by atoms with van der Waals surface area (Å²) >= 11 is 1.49. The Morgan fingerprint density at radius 2 is 1.82 bits per heavy atom. The fourth-order valence-corrected chi connectivity index (χ4v) is 6.02. The van der Waals surface area contributed by atoms with Gasteiger partial charge in [0.2, 0.25) is 0 Å². The number of nitrogens with zero attached hydrogens (tertiary/aromatic N) is 2. The van der Waals surface area contributed by atoms with E-state index >= 15 is 0 Å². The summed E-state index contributed by atoms with van der Waals surface area (Å²) in [6.45, 7) is 4.73. The van der Waals surface area contributed by atoms with Gasteiger partial charge < -0.3 is 10.2 Å². The number of urea groups is 1. The van der Waals surface area contributed by atoms with E-state index in [-0.39, 0.29) is 17.8 Å². The molecule has 0 radical (unpaired) electrons. The van der Waals surface area contributed by atoms with Crippen molar-refractivity contribution < 1.29 is 14.0 Å². The maximum atomic E-state index is 14.0. The number of anilines is 2. The maximum Gasteiger partial charge on any atom is 0.323 e. The summed E-state index contributed by atoms with van der Waals surface area (Å²) in [6, 6.07) is 19.4. The molecular formula is C26H24FN3O2S. The van der Waals surface area contributed by atoms with Crippen LogP contribution in [0.1, 0.15) is 22.3 Å². The molecule has 3 aromatic rings. The number of thioether (sulfide) groups is 1. The normalized spacial score (nSPS) is 19.3. The number of rotatable bonds is 3. The van der Waals surface area contributed by atoms with Crippen LogP contribution in [0.2, 0.25) is 0 Å². The third-order valence-electron chi connectivity index (χ3n) is 6.12. The van der Waals surface area contributed by atoms with Crippen molar-refractivity contribution in [1.82, 2.24) is 4.90 Å². The molecule has 5 rings (SSSR count). The van der Waals surface area contributed by atoms with Crippen molar-refractivity contribution in [2.24, 2.45) is 0 Å². The molecule has 1 spiro atoms. The van der Waals surface area contributed by atoms with Crippen LogP contribution in [-0.2, 0) is 16.2 Å². The summed E-state index contributed by atoms with van der Waals surface area (Å²) in [5, 5.41) is 2.97. The van der Waals surface area contributed by atoms with E-state index in [9.17, 15) is 14.0 Å². The summed E-state index contributed by atoms with van der Waals surface area (Å²) in [4.78, 5) is 29.7. The minimum Gasteiger partial charge on any atom is -0.308 e. The molecule has 0 saturated carbocycles. The van der Waals surface area contributed by atoms with E-state index in [0.717, 1.165) is 27.9 Å². The Morgan fingerprint density at radius 3 is 2.58 bits per heavy atom. The number of fused-ring (bicyclic) bond motifs is 2. The highest BCUT2D eigenvalue weighted by molar-refractivity contribution is 8.01. The van der Waals surface area contributed by atoms with Crippen LogP contribution in [0.15, 0.2) is 66.7 Å². The number of benzene rings is 3. The summed E-state index contributed by atoms with van der Waals surface area (Å²) in [5.41, 5.74) is 5.21. The minimum atomic E-state index is -1.12. The Bertz CT molecular complexity index is 1250. The SMILES string of the molecule is Cc1cccc(NC(=O)N2CCS[C@@]23C(=O)N(Cc2ccc(F)cc2)c2ccc(C)cc23)c1. The Hall–Kier alpha value is -3.32. The van der Waals surface area contributed by atoms with Crippen LogP contribution in [0.4, 0.5) is 20.6 Å². The van der Waals surface area contributed by atoms with Crippen LogP contribution in [0.25, 0.3) is 0 Å². The van der Waals surface area contributed by atoms with Gasteiger partial charge in [0, 0.05) is 23.5 Å². The predicted molar refractivity (Wildman–Crippen MR) is 130 cm³/mol. The van der Waals surface area contributed by atoms with Crippen molar-refractivity contribution in [3.05, 3.63) is 94.8 Å². The van der Waals surface area contributed by atoms with Gasteiger partial charge in [-0.2, -0.15) is 0 Å². The molecule has 2 heterocycles. The van der Waals surface area contributed by atoms with Crippen LogP contribution in [0.3, 0.4) is 0 Å². The van der Waals surface area contributed by atoms with E-state index in [2.05, 4.69) is 5.32 Å². The number of halogens is 1. The standard InChI is InChI=1S/C26H24FN3O2S/c1-17-4-3-5-21(14-17)28-25(32)30-12-13-33-26(30)22-15-18(2)6-11-23(22)29(24(26)31)16-19-7-9-20(27)10-8-19/h3-11,14-15H,12-13,16H2,1-2H3,(H,28,32)/t26-/m0/s1. The second-order valence-electron chi connectivity index (χ2n) is 8.48. The van der Waals surface area contributed by atoms with Crippen molar-refractivity contribution in [2.75, 3.05) is 22.5 Å². The number of carbonyl (C=O) groups is 2. The number of aryl methyl sites for hydroxylation is 2. The van der Waals surface area contributed by atoms with Gasteiger partial charge in [-0.05, 0) is 55.3 Å². The average molecular weight is 462 g/mol. The minimum absolute atomic E-state index is 0.144. The molecule has 168 valence electrons. The molecule has 1 N–H and O–H groups in total. The highest BCUT2D eigenvalue weighted by Crippen LogP contribution is 2.54. The lowest BCUT2D eigenvalue weighted by molar-refractivity contribution is -0.123. The lowest BCUT2D eigenvalue weighted by atomic mass is 10.0. The van der Waals surface area contributed by atoms with E-state index in [1.165, 1.54) is 23.9 Å². The van der Waals surface area contributed by atoms with Crippen LogP contribution in [-0.4, -0.2) is 29.1 Å². The van der Waals surface area contributed by atoms with Gasteiger partial charge in [-0.3, -0.25) is 9.69 Å². The van der Waals surface area contributed by atoms with Crippen molar-refractivity contribution in [3.63, 3.8) is 0 Å². The molecule has 0 bridgehead atoms. The van der Waals surface area contributed by atoms with E-state index in [1.54, 1.807) is 21.9 Å². The highest BCUT2D eigenvalue weighted by atomic mass is 32.2. The Balaban J connectivity index is 1.53. The molecule has 7 heteroatoms. The second kappa shape index (κ2) is 8.23. The molecule has 3 aromatic carbocycles. The van der Waals surface area contributed by atoms with E-state index in [4.69, 9.17) is 0 Å². The zero-order chi connectivity index (χ0) is 23.2. The molecule has 2 aliphatic heterocycles. The summed E-state index contributed by atoms with van der Waals surface area (Å²) in [5.74, 6) is 0.198. The van der Waals surface area contributed by atoms with Crippen molar-refractivity contribution >= 4 is 35.1 Å². The fraction of sp³-hybridized carbons (Fsp3) is 0.231. The topological polar surface area (TPSA) is 52.7 Å². The Kier molecular flexibility index (Phi) is 5.37. The Labute approximate surface area is 196 Å². The van der Waals surface area contributed by atoms with Gasteiger partial charge in [0.05, 0.1) is 12.2 Å². The number of amides is 3. The first kappa shape index (κ1) is 21.5. The first-order chi connectivity index (χ1) is 15.9. The number of carbonyl (C=O) groups excluding carboxylic acids is 2. The molecule has 2 aliphatic rings. The van der Waals surface area contributed by atoms with Gasteiger partial charge >= 0.3 is 6.03 Å². The summed E-state index contributed by atoms with van der Waals surface area (Å²) in [7, 11) is 0. The van der Waals surface area contributed by atoms with Crippen LogP contribution in [0.5, 0.6) is 0 Å². The zero-order valence-corrected chi connectivity index (χ0v) is 19.3. The van der Waals surface area contributed by atoms with Gasteiger partial charge in [0.15, 0.2) is 4.87 Å². The number of hydrogen-bond donors (Lipinski definition) is 1. The third-order valence-corrected chi connectivity index (χ3v) is 7.54. The quantitative estimate of drug-likeness (QED) is 0.566. The molecule has 5 nitrogen and oxygen atoms in total. The molecule has 0 aliphatic carbocycles. The molecular weight excluding hydrogens is 437 g/mol. The smallest absolute Gasteiger partial charge is 0.308 e. The first-order valence-corrected chi connectivity index (χ1v) is 11.8. The monoisotopic (exact) mass is 461 g/mol. The lowest BCUT2D eigenvalue weighted by Crippen LogP contribution is -2.51. The molecule has 3 amide bonds. The van der Waals surface area contributed by atoms with Gasteiger partial charge in [-0.1, -0.05) is 42.0 Å². The summed E-state index contributed by atoms with van der Waals surface area (Å²) < 4.78 is 13.4. The van der Waals surface area contributed by atoms with E-state index < -0.39 is 4.87 Å². The zero-order valence-electron chi connectivity index (χ0n) is 18.5. The van der Waals surface area contributed by atoms with E-state index in [1.807, 2.05) is 56.3 Å². The second-order valence-corrected chi connectivity index (χ2v) is 9.77. The molecule has 1 atom stereocenters. The largest absolute Gasteiger partial charge is 0.323 e. The van der Waals surface area contributed by atoms with Crippen molar-refractivity contribution in [1.29, 1.82) is 0 Å². The van der Waals surface area contributed by atoms with Gasteiger partial charge in [-0.25, -0.2) is 9.18 Å². The molecule has 1 fully saturated rings. The first-order valence-electron chi connectivity index (χ1n) is 10.9. The predicted octanol–water partition coefficient (Wildman–Crippen LogP) is 5.42. The van der Waals surface area contributed by atoms with Gasteiger partial charge in [0.1, 0.15) is 5.82 Å². The molecule has 33 heavy (non-hydrogen) atoms. The molecule has 1 saturated heterocycles. The summed E-state index contributed by atoms with van der Waals surface area (Å²) in [6.07, 6.45) is 0. The third kappa shape index (κ3) is 3.66. The number of hydrogen-bond acceptors (Lipinski definition) is 3. The fourth-order valence-electron chi connectivity index (χ4n) is 4.57. The van der Waals surface area contributed by atoms with Crippen LogP contribution in [0, 0.1) is 19.7 Å². The van der Waals surface area contributed by atoms with E-state index in [0.29, 0.717) is 24.5 Å². The molecule has 0 aromatic heterocycles. The number of nitrogens with one attached hydrogen (secondary N) is 1. The Morgan fingerprint density at radius 1 is 1.06 bits per heavy atom. The highest BCUT2D eigenvalue weighted by Gasteiger charge is 2.59. The average Bonchev–Trinajstić information content (AvgIpc) is 3.32. The van der Waals surface area contributed by atoms with Crippen molar-refractivity contribution in [2.45, 2.75) is 25.3 Å². The van der Waals surface area contributed by atoms with Gasteiger partial charge in [-0.15, -0.1) is 11.8 Å². The van der Waals surface area contributed by atoms with Crippen molar-refractivity contribution in [3.8, 4) is 0 Å². The maximum absolute atomic E-state index is 14.0.